The van der Waals surface area contributed by atoms with E-state index >= 15 is 0 Å². The zero-order valence-corrected chi connectivity index (χ0v) is 15.7. The van der Waals surface area contributed by atoms with E-state index < -0.39 is 0 Å². The van der Waals surface area contributed by atoms with Crippen LogP contribution in [0.2, 0.25) is 5.02 Å². The molecule has 1 saturated heterocycles. The van der Waals surface area contributed by atoms with E-state index in [9.17, 15) is 9.59 Å². The molecule has 7 heteroatoms. The molecular weight excluding hydrogens is 368 g/mol. The zero-order chi connectivity index (χ0) is 19.0. The van der Waals surface area contributed by atoms with Crippen LogP contribution in [0.1, 0.15) is 33.6 Å². The lowest BCUT2D eigenvalue weighted by Gasteiger charge is -2.19. The third kappa shape index (κ3) is 3.21. The predicted octanol–water partition coefficient (Wildman–Crippen LogP) is 3.85. The average molecular weight is 387 g/mol. The summed E-state index contributed by atoms with van der Waals surface area (Å²) in [6.07, 6.45) is 2.06. The second kappa shape index (κ2) is 7.12. The fourth-order valence-corrected chi connectivity index (χ4v) is 3.68. The number of halogens is 1. The lowest BCUT2D eigenvalue weighted by molar-refractivity contribution is 0.0600. The minimum absolute atomic E-state index is 0.0511. The molecule has 1 fully saturated rings. The lowest BCUT2D eigenvalue weighted by atomic mass is 10.1. The second-order valence-corrected chi connectivity index (χ2v) is 6.95. The van der Waals surface area contributed by atoms with E-state index in [1.165, 1.54) is 7.11 Å². The topological polar surface area (TPSA) is 59.1 Å². The van der Waals surface area contributed by atoms with Crippen molar-refractivity contribution in [3.63, 3.8) is 0 Å². The van der Waals surface area contributed by atoms with Crippen LogP contribution in [0.15, 0.2) is 36.4 Å². The number of methoxy groups -OCH3 is 1. The molecule has 2 heterocycles. The highest BCUT2D eigenvalue weighted by atomic mass is 35.5. The molecule has 2 aliphatic heterocycles. The number of nitrogens with zero attached hydrogens (tertiary/aromatic N) is 2. The third-order valence-corrected chi connectivity index (χ3v) is 5.23. The summed E-state index contributed by atoms with van der Waals surface area (Å²) >= 11 is 6.43. The molecule has 140 valence electrons. The van der Waals surface area contributed by atoms with Gasteiger partial charge in [-0.15, -0.1) is 0 Å². The van der Waals surface area contributed by atoms with Crippen LogP contribution in [-0.4, -0.2) is 43.7 Å². The van der Waals surface area contributed by atoms with Crippen molar-refractivity contribution in [2.75, 3.05) is 31.8 Å². The maximum absolute atomic E-state index is 12.7. The number of carbonyl (C=O) groups excluding carboxylic acids is 2. The Morgan fingerprint density at radius 1 is 1.11 bits per heavy atom. The molecular formula is C20H19ClN2O4. The fourth-order valence-electron chi connectivity index (χ4n) is 3.44. The highest BCUT2D eigenvalue weighted by Gasteiger charge is 2.28. The number of anilines is 2. The number of carbonyl (C=O) groups is 2. The Kier molecular flexibility index (Phi) is 4.66. The first-order chi connectivity index (χ1) is 13.1. The van der Waals surface area contributed by atoms with E-state index in [1.54, 1.807) is 24.3 Å². The van der Waals surface area contributed by atoms with Crippen molar-refractivity contribution in [3.8, 4) is 5.75 Å². The van der Waals surface area contributed by atoms with E-state index in [2.05, 4.69) is 0 Å². The quantitative estimate of drug-likeness (QED) is 0.750. The fraction of sp³-hybridized carbons (Fsp3) is 0.300. The highest BCUT2D eigenvalue weighted by molar-refractivity contribution is 6.34. The molecule has 4 rings (SSSR count). The van der Waals surface area contributed by atoms with Crippen molar-refractivity contribution >= 4 is 34.9 Å². The number of hydrogen-bond acceptors (Lipinski definition) is 5. The first-order valence-electron chi connectivity index (χ1n) is 8.80. The molecule has 0 bridgehead atoms. The van der Waals surface area contributed by atoms with Gasteiger partial charge in [0.15, 0.2) is 6.73 Å². The van der Waals surface area contributed by atoms with Gasteiger partial charge in [0, 0.05) is 18.8 Å². The van der Waals surface area contributed by atoms with E-state index in [0.29, 0.717) is 28.6 Å². The van der Waals surface area contributed by atoms with Crippen molar-refractivity contribution < 1.29 is 19.1 Å². The van der Waals surface area contributed by atoms with Gasteiger partial charge in [-0.1, -0.05) is 11.6 Å². The Morgan fingerprint density at radius 3 is 2.48 bits per heavy atom. The lowest BCUT2D eigenvalue weighted by Crippen LogP contribution is -2.27. The highest BCUT2D eigenvalue weighted by Crippen LogP contribution is 2.42. The van der Waals surface area contributed by atoms with Crippen LogP contribution < -0.4 is 9.64 Å². The van der Waals surface area contributed by atoms with Crippen LogP contribution >= 0.6 is 11.6 Å². The number of hydrogen-bond donors (Lipinski definition) is 0. The van der Waals surface area contributed by atoms with Crippen molar-refractivity contribution in [2.45, 2.75) is 12.8 Å². The first kappa shape index (κ1) is 17.7. The molecule has 0 aliphatic carbocycles. The van der Waals surface area contributed by atoms with E-state index in [0.717, 1.165) is 37.3 Å². The predicted molar refractivity (Wildman–Crippen MR) is 102 cm³/mol. The molecule has 0 spiro atoms. The number of rotatable bonds is 3. The molecule has 6 nitrogen and oxygen atoms in total. The Balaban J connectivity index is 1.61. The van der Waals surface area contributed by atoms with Crippen LogP contribution in [0, 0.1) is 0 Å². The van der Waals surface area contributed by atoms with Crippen molar-refractivity contribution in [1.82, 2.24) is 4.90 Å². The summed E-state index contributed by atoms with van der Waals surface area (Å²) in [5, 5.41) is 0.410. The van der Waals surface area contributed by atoms with Gasteiger partial charge in [-0.2, -0.15) is 0 Å². The van der Waals surface area contributed by atoms with Gasteiger partial charge in [0.25, 0.3) is 5.91 Å². The smallest absolute Gasteiger partial charge is 0.337 e. The number of amides is 1. The molecule has 2 aromatic carbocycles. The Bertz CT molecular complexity index is 892. The molecule has 2 aromatic rings. The third-order valence-electron chi connectivity index (χ3n) is 4.91. The summed E-state index contributed by atoms with van der Waals surface area (Å²) in [6, 6.07) is 10.5. The summed E-state index contributed by atoms with van der Waals surface area (Å²) in [7, 11) is 1.35. The van der Waals surface area contributed by atoms with Crippen LogP contribution in [0.4, 0.5) is 11.4 Å². The molecule has 0 saturated carbocycles. The molecule has 0 N–H and O–H groups in total. The van der Waals surface area contributed by atoms with Crippen LogP contribution in [0.25, 0.3) is 0 Å². The van der Waals surface area contributed by atoms with Crippen molar-refractivity contribution in [3.05, 3.63) is 52.5 Å². The Labute approximate surface area is 162 Å². The number of fused-ring (bicyclic) bond motifs is 1. The maximum atomic E-state index is 12.7. The number of benzene rings is 2. The number of esters is 1. The van der Waals surface area contributed by atoms with Gasteiger partial charge in [-0.05, 0) is 49.2 Å². The molecule has 2 aliphatic rings. The van der Waals surface area contributed by atoms with E-state index in [-0.39, 0.29) is 11.9 Å². The molecule has 1 amide bonds. The minimum Gasteiger partial charge on any atom is -0.471 e. The molecule has 0 atom stereocenters. The van der Waals surface area contributed by atoms with Crippen molar-refractivity contribution in [1.29, 1.82) is 0 Å². The maximum Gasteiger partial charge on any atom is 0.337 e. The zero-order valence-electron chi connectivity index (χ0n) is 14.9. The minimum atomic E-state index is -0.382. The van der Waals surface area contributed by atoms with Gasteiger partial charge in [0.05, 0.1) is 28.9 Å². The summed E-state index contributed by atoms with van der Waals surface area (Å²) in [5.74, 6) is 0.191. The first-order valence-corrected chi connectivity index (χ1v) is 9.18. The Morgan fingerprint density at radius 2 is 1.81 bits per heavy atom. The van der Waals surface area contributed by atoms with E-state index in [4.69, 9.17) is 21.1 Å². The van der Waals surface area contributed by atoms with Gasteiger partial charge in [-0.25, -0.2) is 4.79 Å². The monoisotopic (exact) mass is 386 g/mol. The van der Waals surface area contributed by atoms with Gasteiger partial charge in [-0.3, -0.25) is 4.79 Å². The molecule has 0 aromatic heterocycles. The van der Waals surface area contributed by atoms with Crippen LogP contribution in [0.3, 0.4) is 0 Å². The Hall–Kier alpha value is -2.73. The van der Waals surface area contributed by atoms with Gasteiger partial charge in [0.1, 0.15) is 5.75 Å². The average Bonchev–Trinajstić information content (AvgIpc) is 3.36. The summed E-state index contributed by atoms with van der Waals surface area (Å²) in [6.45, 7) is 1.85. The van der Waals surface area contributed by atoms with Gasteiger partial charge < -0.3 is 19.3 Å². The van der Waals surface area contributed by atoms with Crippen LogP contribution in [0.5, 0.6) is 5.75 Å². The molecule has 0 radical (unpaired) electrons. The summed E-state index contributed by atoms with van der Waals surface area (Å²) in [4.78, 5) is 28.0. The SMILES string of the molecule is COC(=O)c1ccc(N2COc3cc(C(=O)N4CCCC4)c(Cl)cc32)cc1. The number of likely N-dealkylation sites (tertiary alicyclic amines) is 1. The second-order valence-electron chi connectivity index (χ2n) is 6.54. The van der Waals surface area contributed by atoms with Crippen molar-refractivity contribution in [2.24, 2.45) is 0 Å². The standard InChI is InChI=1S/C20H19ClN2O4/c1-26-20(25)13-4-6-14(7-5-13)23-12-27-18-10-15(16(21)11-17(18)23)19(24)22-8-2-3-9-22/h4-7,10-11H,2-3,8-9,12H2,1H3. The van der Waals surface area contributed by atoms with Gasteiger partial charge in [0.2, 0.25) is 0 Å². The molecule has 0 unspecified atom stereocenters. The van der Waals surface area contributed by atoms with E-state index in [1.807, 2.05) is 21.9 Å². The summed E-state index contributed by atoms with van der Waals surface area (Å²) in [5.41, 5.74) is 2.60. The van der Waals surface area contributed by atoms with Crippen LogP contribution in [-0.2, 0) is 4.74 Å². The van der Waals surface area contributed by atoms with Gasteiger partial charge >= 0.3 is 5.97 Å². The normalized spacial score (nSPS) is 15.5. The largest absolute Gasteiger partial charge is 0.471 e. The molecule has 27 heavy (non-hydrogen) atoms. The summed E-state index contributed by atoms with van der Waals surface area (Å²) < 4.78 is 10.5. The number of ether oxygens (including phenoxy) is 2.